The van der Waals surface area contributed by atoms with Crippen LogP contribution in [0.5, 0.6) is 0 Å². The predicted molar refractivity (Wildman–Crippen MR) is 108 cm³/mol. The Morgan fingerprint density at radius 1 is 1.32 bits per heavy atom. The van der Waals surface area contributed by atoms with Crippen molar-refractivity contribution in [1.29, 1.82) is 0 Å². The molecule has 28 heavy (non-hydrogen) atoms. The van der Waals surface area contributed by atoms with Crippen LogP contribution in [0.4, 0.5) is 5.82 Å². The molecule has 3 aromatic heterocycles. The lowest BCUT2D eigenvalue weighted by Crippen LogP contribution is -2.32. The third-order valence-corrected chi connectivity index (χ3v) is 5.88. The van der Waals surface area contributed by atoms with Crippen molar-refractivity contribution in [3.8, 4) is 0 Å². The van der Waals surface area contributed by atoms with Crippen molar-refractivity contribution in [2.75, 3.05) is 24.7 Å². The van der Waals surface area contributed by atoms with Crippen LogP contribution in [0, 0.1) is 6.92 Å². The van der Waals surface area contributed by atoms with Gasteiger partial charge in [0, 0.05) is 50.3 Å². The number of rotatable bonds is 3. The van der Waals surface area contributed by atoms with Gasteiger partial charge in [-0.1, -0.05) is 6.92 Å². The Morgan fingerprint density at radius 2 is 2.18 bits per heavy atom. The van der Waals surface area contributed by atoms with Crippen LogP contribution in [0.25, 0.3) is 5.52 Å². The molecule has 150 valence electrons. The number of imidazole rings is 1. The number of ether oxygens (including phenoxy) is 1. The van der Waals surface area contributed by atoms with Crippen molar-refractivity contribution in [2.45, 2.75) is 45.6 Å². The van der Waals surface area contributed by atoms with E-state index in [0.717, 1.165) is 68.4 Å². The second-order valence-electron chi connectivity index (χ2n) is 7.47. The van der Waals surface area contributed by atoms with Crippen LogP contribution < -0.4 is 4.90 Å². The highest BCUT2D eigenvalue weighted by atomic mass is 35.5. The molecule has 2 aliphatic rings. The molecule has 0 aliphatic carbocycles. The molecule has 5 heterocycles. The number of fused-ring (bicyclic) bond motifs is 2. The number of aryl methyl sites for hydroxylation is 3. The molecule has 0 N–H and O–H groups in total. The first-order valence-corrected chi connectivity index (χ1v) is 9.74. The van der Waals surface area contributed by atoms with Crippen molar-refractivity contribution in [2.24, 2.45) is 7.05 Å². The van der Waals surface area contributed by atoms with E-state index < -0.39 is 0 Å². The van der Waals surface area contributed by atoms with Gasteiger partial charge in [0.05, 0.1) is 18.0 Å². The highest BCUT2D eigenvalue weighted by Crippen LogP contribution is 2.34. The lowest BCUT2D eigenvalue weighted by molar-refractivity contribution is 0.193. The van der Waals surface area contributed by atoms with E-state index in [9.17, 15) is 0 Å². The molecule has 1 saturated heterocycles. The molecule has 0 amide bonds. The van der Waals surface area contributed by atoms with Gasteiger partial charge >= 0.3 is 0 Å². The summed E-state index contributed by atoms with van der Waals surface area (Å²) < 4.78 is 9.61. The van der Waals surface area contributed by atoms with Crippen LogP contribution in [-0.2, 0) is 31.2 Å². The zero-order valence-electron chi connectivity index (χ0n) is 16.6. The van der Waals surface area contributed by atoms with E-state index in [1.54, 1.807) is 6.33 Å². The van der Waals surface area contributed by atoms with Gasteiger partial charge in [0.15, 0.2) is 5.82 Å². The van der Waals surface area contributed by atoms with E-state index in [1.165, 1.54) is 17.0 Å². The van der Waals surface area contributed by atoms with E-state index in [2.05, 4.69) is 24.0 Å². The summed E-state index contributed by atoms with van der Waals surface area (Å²) in [5.74, 6) is 2.20. The maximum atomic E-state index is 5.62. The van der Waals surface area contributed by atoms with Gasteiger partial charge in [-0.05, 0) is 19.8 Å². The van der Waals surface area contributed by atoms with E-state index >= 15 is 0 Å². The molecule has 0 unspecified atom stereocenters. The number of hydrogen-bond acceptors (Lipinski definition) is 6. The Bertz CT molecular complexity index is 1010. The smallest absolute Gasteiger partial charge is 0.158 e. The largest absolute Gasteiger partial charge is 0.381 e. The minimum absolute atomic E-state index is 0. The fourth-order valence-corrected chi connectivity index (χ4v) is 4.49. The molecule has 8 nitrogen and oxygen atoms in total. The molecular weight excluding hydrogens is 378 g/mol. The fraction of sp³-hybridized carbons (Fsp3) is 0.579. The maximum Gasteiger partial charge on any atom is 0.158 e. The van der Waals surface area contributed by atoms with Gasteiger partial charge in [0.2, 0.25) is 0 Å². The van der Waals surface area contributed by atoms with Crippen molar-refractivity contribution >= 4 is 23.7 Å². The second kappa shape index (κ2) is 7.33. The van der Waals surface area contributed by atoms with Gasteiger partial charge in [-0.25, -0.2) is 14.5 Å². The predicted octanol–water partition coefficient (Wildman–Crippen LogP) is 2.22. The van der Waals surface area contributed by atoms with Gasteiger partial charge in [0.1, 0.15) is 17.7 Å². The summed E-state index contributed by atoms with van der Waals surface area (Å²) in [6, 6.07) is 0. The van der Waals surface area contributed by atoms with Crippen molar-refractivity contribution in [3.05, 3.63) is 34.8 Å². The maximum absolute atomic E-state index is 5.62. The van der Waals surface area contributed by atoms with Gasteiger partial charge in [0.25, 0.3) is 0 Å². The molecule has 0 bridgehead atoms. The molecule has 3 aromatic rings. The highest BCUT2D eigenvalue weighted by molar-refractivity contribution is 5.85. The summed E-state index contributed by atoms with van der Waals surface area (Å²) in [5, 5.41) is 9.18. The fourth-order valence-electron chi connectivity index (χ4n) is 4.49. The first-order valence-electron chi connectivity index (χ1n) is 9.74. The lowest BCUT2D eigenvalue weighted by Gasteiger charge is -2.29. The first kappa shape index (κ1) is 19.1. The average Bonchev–Trinajstić information content (AvgIpc) is 3.40. The normalized spacial score (nSPS) is 19.1. The number of hydrogen-bond donors (Lipinski definition) is 0. The summed E-state index contributed by atoms with van der Waals surface area (Å²) in [6.45, 7) is 7.47. The standard InChI is InChI=1S/C19H25N7O.ClH/c1-4-15-14-9-25(7-5-16(14)24(3)23-15)19-18-17(13-6-8-27-10-13)22-12(2)26(18)21-11-20-19;/h11,13H,4-10H2,1-3H3;1H/t13-;/m1./s1. The Hall–Kier alpha value is -2.19. The van der Waals surface area contributed by atoms with Gasteiger partial charge in [-0.15, -0.1) is 12.4 Å². The van der Waals surface area contributed by atoms with Crippen molar-refractivity contribution in [1.82, 2.24) is 29.4 Å². The van der Waals surface area contributed by atoms with Crippen molar-refractivity contribution in [3.63, 3.8) is 0 Å². The third-order valence-electron chi connectivity index (χ3n) is 5.88. The van der Waals surface area contributed by atoms with Crippen LogP contribution in [0.1, 0.15) is 47.7 Å². The molecule has 1 atom stereocenters. The van der Waals surface area contributed by atoms with Crippen LogP contribution in [0.2, 0.25) is 0 Å². The monoisotopic (exact) mass is 403 g/mol. The molecule has 9 heteroatoms. The molecule has 1 fully saturated rings. The molecular formula is C19H26ClN7O. The SMILES string of the molecule is CCc1nn(C)c2c1CN(c1ncnn3c(C)nc([C@@H]4CCOC4)c13)CC2.Cl. The van der Waals surface area contributed by atoms with Crippen LogP contribution in [0.15, 0.2) is 6.33 Å². The number of anilines is 1. The first-order chi connectivity index (χ1) is 13.2. The van der Waals surface area contributed by atoms with Crippen LogP contribution in [-0.4, -0.2) is 49.1 Å². The van der Waals surface area contributed by atoms with Gasteiger partial charge in [-0.3, -0.25) is 4.68 Å². The molecule has 0 saturated carbocycles. The Balaban J connectivity index is 0.00000192. The van der Waals surface area contributed by atoms with E-state index in [-0.39, 0.29) is 12.4 Å². The average molecular weight is 404 g/mol. The molecule has 5 rings (SSSR count). The van der Waals surface area contributed by atoms with Gasteiger partial charge < -0.3 is 9.64 Å². The Morgan fingerprint density at radius 3 is 2.93 bits per heavy atom. The van der Waals surface area contributed by atoms with E-state index in [0.29, 0.717) is 5.92 Å². The number of halogens is 1. The number of nitrogens with zero attached hydrogens (tertiary/aromatic N) is 7. The summed E-state index contributed by atoms with van der Waals surface area (Å²) in [7, 11) is 2.05. The van der Waals surface area contributed by atoms with E-state index in [4.69, 9.17) is 19.8 Å². The van der Waals surface area contributed by atoms with E-state index in [1.807, 2.05) is 16.1 Å². The molecule has 0 radical (unpaired) electrons. The summed E-state index contributed by atoms with van der Waals surface area (Å²) in [4.78, 5) is 11.9. The van der Waals surface area contributed by atoms with Gasteiger partial charge in [-0.2, -0.15) is 10.2 Å². The summed E-state index contributed by atoms with van der Waals surface area (Å²) in [5.41, 5.74) is 6.01. The molecule has 2 aliphatic heterocycles. The zero-order valence-corrected chi connectivity index (χ0v) is 17.4. The third kappa shape index (κ3) is 2.86. The zero-order chi connectivity index (χ0) is 18.5. The van der Waals surface area contributed by atoms with Crippen LogP contribution in [0.3, 0.4) is 0 Å². The minimum Gasteiger partial charge on any atom is -0.381 e. The quantitative estimate of drug-likeness (QED) is 0.667. The summed E-state index contributed by atoms with van der Waals surface area (Å²) in [6.07, 6.45) is 4.58. The minimum atomic E-state index is 0. The molecule has 0 aromatic carbocycles. The number of aromatic nitrogens is 6. The molecule has 0 spiro atoms. The van der Waals surface area contributed by atoms with Crippen molar-refractivity contribution < 1.29 is 4.74 Å². The Labute approximate surface area is 170 Å². The lowest BCUT2D eigenvalue weighted by atomic mass is 10.0. The summed E-state index contributed by atoms with van der Waals surface area (Å²) >= 11 is 0. The van der Waals surface area contributed by atoms with Crippen LogP contribution >= 0.6 is 12.4 Å². The topological polar surface area (TPSA) is 73.4 Å². The second-order valence-corrected chi connectivity index (χ2v) is 7.47. The highest BCUT2D eigenvalue weighted by Gasteiger charge is 2.30. The Kier molecular flexibility index (Phi) is 5.01.